The molecule has 3 N–H and O–H groups in total. The molecule has 2 amide bonds. The number of hydrazone groups is 1. The van der Waals surface area contributed by atoms with Gasteiger partial charge in [0, 0.05) is 17.7 Å². The van der Waals surface area contributed by atoms with E-state index in [1.165, 1.54) is 6.07 Å². The molecule has 0 bridgehead atoms. The molecule has 0 aliphatic heterocycles. The molecule has 0 aliphatic rings. The van der Waals surface area contributed by atoms with E-state index in [4.69, 9.17) is 4.74 Å². The number of nitrogens with one attached hydrogen (secondary N) is 2. The highest BCUT2D eigenvalue weighted by atomic mass is 16.6. The van der Waals surface area contributed by atoms with E-state index in [-0.39, 0.29) is 28.3 Å². The van der Waals surface area contributed by atoms with Crippen molar-refractivity contribution in [2.75, 3.05) is 11.9 Å². The molecular formula is C23H20N4O6. The Balaban J connectivity index is 1.76. The van der Waals surface area contributed by atoms with Crippen molar-refractivity contribution in [3.63, 3.8) is 0 Å². The first-order valence-corrected chi connectivity index (χ1v) is 9.83. The number of nitrogens with zero attached hydrogens (tertiary/aromatic N) is 2. The summed E-state index contributed by atoms with van der Waals surface area (Å²) >= 11 is 0. The van der Waals surface area contributed by atoms with E-state index in [1.54, 1.807) is 42.5 Å². The number of carbonyl (C=O) groups excluding carboxylic acids is 2. The van der Waals surface area contributed by atoms with E-state index >= 15 is 0 Å². The van der Waals surface area contributed by atoms with E-state index in [0.717, 1.165) is 24.4 Å². The van der Waals surface area contributed by atoms with Crippen LogP contribution in [0.4, 0.5) is 11.4 Å². The highest BCUT2D eigenvalue weighted by molar-refractivity contribution is 6.10. The van der Waals surface area contributed by atoms with E-state index in [2.05, 4.69) is 15.8 Å². The number of para-hydroxylation sites is 2. The average molecular weight is 448 g/mol. The van der Waals surface area contributed by atoms with Crippen LogP contribution >= 0.6 is 0 Å². The van der Waals surface area contributed by atoms with Crippen molar-refractivity contribution in [1.29, 1.82) is 0 Å². The summed E-state index contributed by atoms with van der Waals surface area (Å²) in [5.41, 5.74) is 2.80. The first kappa shape index (κ1) is 22.9. The predicted octanol–water partition coefficient (Wildman–Crippen LogP) is 3.72. The van der Waals surface area contributed by atoms with Crippen LogP contribution in [-0.2, 0) is 0 Å². The molecule has 3 aromatic rings. The Morgan fingerprint density at radius 1 is 1.06 bits per heavy atom. The Kier molecular flexibility index (Phi) is 7.32. The summed E-state index contributed by atoms with van der Waals surface area (Å²) in [6, 6.07) is 16.5. The lowest BCUT2D eigenvalue weighted by molar-refractivity contribution is -0.384. The van der Waals surface area contributed by atoms with Crippen molar-refractivity contribution < 1.29 is 24.4 Å². The molecule has 0 fully saturated rings. The van der Waals surface area contributed by atoms with Crippen LogP contribution in [-0.4, -0.2) is 34.7 Å². The number of ether oxygens (including phenoxy) is 1. The van der Waals surface area contributed by atoms with Gasteiger partial charge in [-0.2, -0.15) is 5.10 Å². The van der Waals surface area contributed by atoms with E-state index in [9.17, 15) is 24.8 Å². The van der Waals surface area contributed by atoms with Gasteiger partial charge in [0.2, 0.25) is 0 Å². The van der Waals surface area contributed by atoms with Crippen LogP contribution in [0.1, 0.15) is 33.2 Å². The molecule has 0 atom stereocenters. The molecule has 0 aromatic heterocycles. The summed E-state index contributed by atoms with van der Waals surface area (Å²) in [5.74, 6) is -0.908. The minimum absolute atomic E-state index is 0.0543. The van der Waals surface area contributed by atoms with Gasteiger partial charge >= 0.3 is 0 Å². The highest BCUT2D eigenvalue weighted by Crippen LogP contribution is 2.23. The van der Waals surface area contributed by atoms with E-state index in [0.29, 0.717) is 17.9 Å². The molecule has 3 rings (SSSR count). The summed E-state index contributed by atoms with van der Waals surface area (Å²) in [4.78, 5) is 35.7. The van der Waals surface area contributed by atoms with Crippen molar-refractivity contribution in [1.82, 2.24) is 5.43 Å². The fourth-order valence-electron chi connectivity index (χ4n) is 2.89. The second-order valence-electron chi connectivity index (χ2n) is 6.63. The quantitative estimate of drug-likeness (QED) is 0.272. The Bertz CT molecular complexity index is 1230. The Hall–Kier alpha value is -4.73. The Labute approximate surface area is 188 Å². The number of aromatic hydroxyl groups is 1. The summed E-state index contributed by atoms with van der Waals surface area (Å²) in [7, 11) is 0. The number of carbonyl (C=O) groups is 2. The molecule has 10 heteroatoms. The van der Waals surface area contributed by atoms with Crippen molar-refractivity contribution in [3.8, 4) is 11.5 Å². The number of phenols is 1. The van der Waals surface area contributed by atoms with Crippen LogP contribution in [0.25, 0.3) is 0 Å². The van der Waals surface area contributed by atoms with Crippen LogP contribution in [0.15, 0.2) is 71.8 Å². The monoisotopic (exact) mass is 448 g/mol. The second kappa shape index (κ2) is 10.5. The Morgan fingerprint density at radius 2 is 1.76 bits per heavy atom. The molecule has 0 unspecified atom stereocenters. The van der Waals surface area contributed by atoms with E-state index in [1.807, 2.05) is 6.92 Å². The number of hydrogen-bond acceptors (Lipinski definition) is 7. The van der Waals surface area contributed by atoms with Crippen molar-refractivity contribution >= 4 is 29.4 Å². The maximum Gasteiger partial charge on any atom is 0.273 e. The number of anilines is 1. The normalized spacial score (nSPS) is 10.6. The largest absolute Gasteiger partial charge is 0.507 e. The van der Waals surface area contributed by atoms with Gasteiger partial charge in [-0.25, -0.2) is 5.43 Å². The lowest BCUT2D eigenvalue weighted by atomic mass is 10.1. The molecule has 0 radical (unpaired) electrons. The average Bonchev–Trinajstić information content (AvgIpc) is 2.81. The van der Waals surface area contributed by atoms with Gasteiger partial charge < -0.3 is 15.2 Å². The summed E-state index contributed by atoms with van der Waals surface area (Å²) in [5, 5.41) is 27.2. The number of rotatable bonds is 8. The fraction of sp³-hybridized carbons (Fsp3) is 0.0870. The van der Waals surface area contributed by atoms with Crippen LogP contribution in [0.2, 0.25) is 0 Å². The molecule has 0 heterocycles. The molecule has 3 aromatic carbocycles. The van der Waals surface area contributed by atoms with Crippen molar-refractivity contribution in [2.45, 2.75) is 6.92 Å². The first-order chi connectivity index (χ1) is 15.9. The number of nitro benzene ring substituents is 1. The summed E-state index contributed by atoms with van der Waals surface area (Å²) in [6.45, 7) is 2.20. The highest BCUT2D eigenvalue weighted by Gasteiger charge is 2.16. The maximum absolute atomic E-state index is 12.8. The van der Waals surface area contributed by atoms with Crippen molar-refractivity contribution in [3.05, 3.63) is 93.5 Å². The lowest BCUT2D eigenvalue weighted by Gasteiger charge is -2.12. The summed E-state index contributed by atoms with van der Waals surface area (Å²) in [6.07, 6.45) is 1.08. The molecule has 33 heavy (non-hydrogen) atoms. The standard InChI is InChI=1S/C23H20N4O6/c1-2-33-21-10-6-4-8-18(21)22(29)25-19-9-5-3-7-17(19)23(30)26-24-14-15-13-16(27(31)32)11-12-20(15)28/h3-14,28H,2H2,1H3,(H,25,29)(H,26,30). The third-order valence-corrected chi connectivity index (χ3v) is 4.44. The topological polar surface area (TPSA) is 143 Å². The second-order valence-corrected chi connectivity index (χ2v) is 6.63. The van der Waals surface area contributed by atoms with Gasteiger partial charge in [-0.05, 0) is 37.3 Å². The zero-order chi connectivity index (χ0) is 23.8. The zero-order valence-corrected chi connectivity index (χ0v) is 17.5. The smallest absolute Gasteiger partial charge is 0.273 e. The van der Waals surface area contributed by atoms with Gasteiger partial charge in [-0.3, -0.25) is 19.7 Å². The molecule has 10 nitrogen and oxygen atoms in total. The number of hydrogen-bond donors (Lipinski definition) is 3. The van der Waals surface area contributed by atoms with Gasteiger partial charge in [0.25, 0.3) is 17.5 Å². The zero-order valence-electron chi connectivity index (χ0n) is 17.5. The number of non-ortho nitro benzene ring substituents is 1. The van der Waals surface area contributed by atoms with Crippen LogP contribution < -0.4 is 15.5 Å². The van der Waals surface area contributed by atoms with Gasteiger partial charge in [0.1, 0.15) is 11.5 Å². The van der Waals surface area contributed by atoms with Crippen LogP contribution in [0.5, 0.6) is 11.5 Å². The molecule has 0 saturated carbocycles. The number of phenolic OH excluding ortho intramolecular Hbond substituents is 1. The number of nitro groups is 1. The van der Waals surface area contributed by atoms with E-state index < -0.39 is 16.7 Å². The maximum atomic E-state index is 12.8. The van der Waals surface area contributed by atoms with Crippen LogP contribution in [0, 0.1) is 10.1 Å². The molecule has 168 valence electrons. The number of benzene rings is 3. The minimum atomic E-state index is -0.634. The molecule has 0 spiro atoms. The molecule has 0 saturated heterocycles. The predicted molar refractivity (Wildman–Crippen MR) is 122 cm³/mol. The van der Waals surface area contributed by atoms with Crippen LogP contribution in [0.3, 0.4) is 0 Å². The van der Waals surface area contributed by atoms with Gasteiger partial charge in [-0.1, -0.05) is 24.3 Å². The SMILES string of the molecule is CCOc1ccccc1C(=O)Nc1ccccc1C(=O)NN=Cc1cc([N+](=O)[O-])ccc1O. The third-order valence-electron chi connectivity index (χ3n) is 4.44. The van der Waals surface area contributed by atoms with Gasteiger partial charge in [-0.15, -0.1) is 0 Å². The third kappa shape index (κ3) is 5.70. The number of amides is 2. The van der Waals surface area contributed by atoms with Gasteiger partial charge in [0.15, 0.2) is 0 Å². The molecule has 0 aliphatic carbocycles. The van der Waals surface area contributed by atoms with Crippen molar-refractivity contribution in [2.24, 2.45) is 5.10 Å². The van der Waals surface area contributed by atoms with Gasteiger partial charge in [0.05, 0.1) is 34.6 Å². The molecular weight excluding hydrogens is 428 g/mol. The lowest BCUT2D eigenvalue weighted by Crippen LogP contribution is -2.21. The Morgan fingerprint density at radius 3 is 2.48 bits per heavy atom. The fourth-order valence-corrected chi connectivity index (χ4v) is 2.89. The summed E-state index contributed by atoms with van der Waals surface area (Å²) < 4.78 is 5.48. The first-order valence-electron chi connectivity index (χ1n) is 9.83. The minimum Gasteiger partial charge on any atom is -0.507 e.